The SMILES string of the molecule is Cc1cc(Cl)ccc1[C@@H](N)CC(C)C.Cl. The molecule has 1 rings (SSSR count). The van der Waals surface area contributed by atoms with Gasteiger partial charge in [-0.3, -0.25) is 0 Å². The standard InChI is InChI=1S/C12H18ClN.ClH/c1-8(2)6-12(14)11-5-4-10(13)7-9(11)3;/h4-5,7-8,12H,6,14H2,1-3H3;1H/t12-;/m0./s1. The van der Waals surface area contributed by atoms with Gasteiger partial charge >= 0.3 is 0 Å². The van der Waals surface area contributed by atoms with Gasteiger partial charge in [-0.05, 0) is 42.5 Å². The molecule has 0 heterocycles. The molecule has 1 atom stereocenters. The van der Waals surface area contributed by atoms with Crippen LogP contribution in [0, 0.1) is 12.8 Å². The van der Waals surface area contributed by atoms with Crippen LogP contribution >= 0.6 is 24.0 Å². The minimum Gasteiger partial charge on any atom is -0.324 e. The normalized spacial score (nSPS) is 12.4. The first kappa shape index (κ1) is 14.8. The predicted octanol–water partition coefficient (Wildman–Crippen LogP) is 4.12. The molecule has 1 aromatic rings. The maximum atomic E-state index is 6.10. The Bertz CT molecular complexity index is 310. The molecule has 0 radical (unpaired) electrons. The molecule has 1 aromatic carbocycles. The molecule has 0 amide bonds. The molecule has 0 saturated carbocycles. The molecular weight excluding hydrogens is 229 g/mol. The Morgan fingerprint density at radius 2 is 1.93 bits per heavy atom. The topological polar surface area (TPSA) is 26.0 Å². The minimum atomic E-state index is 0. The van der Waals surface area contributed by atoms with E-state index in [-0.39, 0.29) is 18.4 Å². The van der Waals surface area contributed by atoms with Gasteiger partial charge in [-0.25, -0.2) is 0 Å². The second-order valence-electron chi connectivity index (χ2n) is 4.24. The Morgan fingerprint density at radius 1 is 1.33 bits per heavy atom. The molecule has 1 nitrogen and oxygen atoms in total. The molecule has 0 aliphatic heterocycles. The summed E-state index contributed by atoms with van der Waals surface area (Å²) >= 11 is 5.89. The molecule has 86 valence electrons. The largest absolute Gasteiger partial charge is 0.324 e. The quantitative estimate of drug-likeness (QED) is 0.855. The molecule has 0 aliphatic carbocycles. The lowest BCUT2D eigenvalue weighted by Crippen LogP contribution is -2.14. The number of halogens is 2. The summed E-state index contributed by atoms with van der Waals surface area (Å²) in [6, 6.07) is 6.04. The lowest BCUT2D eigenvalue weighted by atomic mass is 9.95. The molecule has 0 fully saturated rings. The van der Waals surface area contributed by atoms with E-state index in [2.05, 4.69) is 20.8 Å². The van der Waals surface area contributed by atoms with Crippen LogP contribution in [-0.4, -0.2) is 0 Å². The van der Waals surface area contributed by atoms with Gasteiger partial charge < -0.3 is 5.73 Å². The van der Waals surface area contributed by atoms with Gasteiger partial charge in [0.05, 0.1) is 0 Å². The van der Waals surface area contributed by atoms with E-state index in [0.717, 1.165) is 11.4 Å². The van der Waals surface area contributed by atoms with Crippen LogP contribution in [0.1, 0.15) is 37.4 Å². The highest BCUT2D eigenvalue weighted by Crippen LogP contribution is 2.24. The Morgan fingerprint density at radius 3 is 2.40 bits per heavy atom. The number of aryl methyl sites for hydroxylation is 1. The molecule has 3 heteroatoms. The van der Waals surface area contributed by atoms with Crippen molar-refractivity contribution < 1.29 is 0 Å². The minimum absolute atomic E-state index is 0. The van der Waals surface area contributed by atoms with Crippen LogP contribution in [0.25, 0.3) is 0 Å². The number of rotatable bonds is 3. The third kappa shape index (κ3) is 4.42. The highest BCUT2D eigenvalue weighted by Gasteiger charge is 2.10. The lowest BCUT2D eigenvalue weighted by molar-refractivity contribution is 0.508. The fourth-order valence-corrected chi connectivity index (χ4v) is 1.92. The summed E-state index contributed by atoms with van der Waals surface area (Å²) in [4.78, 5) is 0. The number of hydrogen-bond donors (Lipinski definition) is 1. The van der Waals surface area contributed by atoms with E-state index in [0.29, 0.717) is 5.92 Å². The number of nitrogens with two attached hydrogens (primary N) is 1. The van der Waals surface area contributed by atoms with E-state index in [9.17, 15) is 0 Å². The van der Waals surface area contributed by atoms with E-state index in [1.807, 2.05) is 18.2 Å². The first-order chi connectivity index (χ1) is 6.50. The van der Waals surface area contributed by atoms with Gasteiger partial charge in [0.2, 0.25) is 0 Å². The molecule has 0 aliphatic rings. The van der Waals surface area contributed by atoms with Crippen LogP contribution in [0.4, 0.5) is 0 Å². The maximum Gasteiger partial charge on any atom is 0.0408 e. The van der Waals surface area contributed by atoms with Crippen molar-refractivity contribution in [3.05, 3.63) is 34.3 Å². The Balaban J connectivity index is 0.00000196. The molecule has 0 spiro atoms. The van der Waals surface area contributed by atoms with Crippen LogP contribution in [0.3, 0.4) is 0 Å². The first-order valence-electron chi connectivity index (χ1n) is 5.02. The van der Waals surface area contributed by atoms with Gasteiger partial charge in [-0.15, -0.1) is 12.4 Å². The van der Waals surface area contributed by atoms with Gasteiger partial charge in [0.25, 0.3) is 0 Å². The Hall–Kier alpha value is -0.240. The highest BCUT2D eigenvalue weighted by atomic mass is 35.5. The molecule has 15 heavy (non-hydrogen) atoms. The highest BCUT2D eigenvalue weighted by molar-refractivity contribution is 6.30. The zero-order valence-corrected chi connectivity index (χ0v) is 11.0. The van der Waals surface area contributed by atoms with Gasteiger partial charge in [-0.2, -0.15) is 0 Å². The van der Waals surface area contributed by atoms with Crippen LogP contribution in [-0.2, 0) is 0 Å². The van der Waals surface area contributed by atoms with Crippen molar-refractivity contribution in [2.75, 3.05) is 0 Å². The van der Waals surface area contributed by atoms with Gasteiger partial charge in [0, 0.05) is 11.1 Å². The maximum absolute atomic E-state index is 6.10. The van der Waals surface area contributed by atoms with Gasteiger partial charge in [-0.1, -0.05) is 31.5 Å². The third-order valence-corrected chi connectivity index (χ3v) is 2.59. The van der Waals surface area contributed by atoms with E-state index in [1.165, 1.54) is 11.1 Å². The second-order valence-corrected chi connectivity index (χ2v) is 4.67. The van der Waals surface area contributed by atoms with Crippen molar-refractivity contribution >= 4 is 24.0 Å². The first-order valence-corrected chi connectivity index (χ1v) is 5.40. The van der Waals surface area contributed by atoms with E-state index >= 15 is 0 Å². The molecule has 2 N–H and O–H groups in total. The molecule has 0 unspecified atom stereocenters. The van der Waals surface area contributed by atoms with Crippen molar-refractivity contribution in [3.63, 3.8) is 0 Å². The molecule has 0 bridgehead atoms. The lowest BCUT2D eigenvalue weighted by Gasteiger charge is -2.16. The van der Waals surface area contributed by atoms with Gasteiger partial charge in [0.15, 0.2) is 0 Å². The zero-order valence-electron chi connectivity index (χ0n) is 9.46. The van der Waals surface area contributed by atoms with Crippen LogP contribution in [0.2, 0.25) is 5.02 Å². The third-order valence-electron chi connectivity index (χ3n) is 2.36. The van der Waals surface area contributed by atoms with Crippen molar-refractivity contribution in [3.8, 4) is 0 Å². The summed E-state index contributed by atoms with van der Waals surface area (Å²) in [5.74, 6) is 0.625. The summed E-state index contributed by atoms with van der Waals surface area (Å²) in [6.45, 7) is 6.43. The van der Waals surface area contributed by atoms with E-state index in [4.69, 9.17) is 17.3 Å². The fourth-order valence-electron chi connectivity index (χ4n) is 1.69. The van der Waals surface area contributed by atoms with Crippen LogP contribution < -0.4 is 5.73 Å². The average Bonchev–Trinajstić information content (AvgIpc) is 2.01. The average molecular weight is 248 g/mol. The summed E-state index contributed by atoms with van der Waals surface area (Å²) in [7, 11) is 0. The summed E-state index contributed by atoms with van der Waals surface area (Å²) in [5, 5.41) is 0.781. The van der Waals surface area contributed by atoms with Gasteiger partial charge in [0.1, 0.15) is 0 Å². The monoisotopic (exact) mass is 247 g/mol. The van der Waals surface area contributed by atoms with Crippen molar-refractivity contribution in [1.29, 1.82) is 0 Å². The van der Waals surface area contributed by atoms with E-state index in [1.54, 1.807) is 0 Å². The Kier molecular flexibility index (Phi) is 6.26. The second kappa shape index (κ2) is 6.37. The molecule has 0 saturated heterocycles. The summed E-state index contributed by atoms with van der Waals surface area (Å²) < 4.78 is 0. The summed E-state index contributed by atoms with van der Waals surface area (Å²) in [5.41, 5.74) is 8.50. The fraction of sp³-hybridized carbons (Fsp3) is 0.500. The van der Waals surface area contributed by atoms with E-state index < -0.39 is 0 Å². The Labute approximate surface area is 103 Å². The smallest absolute Gasteiger partial charge is 0.0408 e. The molecular formula is C12H19Cl2N. The number of hydrogen-bond acceptors (Lipinski definition) is 1. The van der Waals surface area contributed by atoms with Crippen LogP contribution in [0.15, 0.2) is 18.2 Å². The van der Waals surface area contributed by atoms with Crippen LogP contribution in [0.5, 0.6) is 0 Å². The zero-order chi connectivity index (χ0) is 10.7. The summed E-state index contributed by atoms with van der Waals surface area (Å²) in [6.07, 6.45) is 1.02. The van der Waals surface area contributed by atoms with Crippen molar-refractivity contribution in [2.45, 2.75) is 33.2 Å². The predicted molar refractivity (Wildman–Crippen MR) is 69.8 cm³/mol. The molecule has 0 aromatic heterocycles. The van der Waals surface area contributed by atoms with Crippen molar-refractivity contribution in [1.82, 2.24) is 0 Å². The van der Waals surface area contributed by atoms with Crippen molar-refractivity contribution in [2.24, 2.45) is 11.7 Å². The number of benzene rings is 1.